The standard InChI is InChI=1S/C13H19F3N2O2/c1-12(2,19-4)5-6-20-11-8-9(13(14,15)16)7-10(17-3)18-11/h7-8H,5-6H2,1-4H3,(H,17,18). The van der Waals surface area contributed by atoms with Crippen molar-refractivity contribution in [3.63, 3.8) is 0 Å². The monoisotopic (exact) mass is 292 g/mol. The van der Waals surface area contributed by atoms with Gasteiger partial charge in [-0.25, -0.2) is 0 Å². The number of methoxy groups -OCH3 is 1. The first-order chi connectivity index (χ1) is 9.18. The molecule has 0 bridgehead atoms. The van der Waals surface area contributed by atoms with Crippen LogP contribution in [0.25, 0.3) is 0 Å². The fourth-order valence-corrected chi connectivity index (χ4v) is 1.37. The van der Waals surface area contributed by atoms with Gasteiger partial charge in [0, 0.05) is 26.6 Å². The van der Waals surface area contributed by atoms with Crippen LogP contribution in [-0.4, -0.2) is 31.3 Å². The first kappa shape index (κ1) is 16.6. The lowest BCUT2D eigenvalue weighted by Gasteiger charge is -2.22. The predicted molar refractivity (Wildman–Crippen MR) is 70.0 cm³/mol. The van der Waals surface area contributed by atoms with Gasteiger partial charge in [0.05, 0.1) is 17.8 Å². The van der Waals surface area contributed by atoms with Crippen LogP contribution in [0.5, 0.6) is 5.88 Å². The largest absolute Gasteiger partial charge is 0.477 e. The maximum absolute atomic E-state index is 12.7. The Morgan fingerprint density at radius 3 is 2.40 bits per heavy atom. The molecule has 20 heavy (non-hydrogen) atoms. The molecule has 1 N–H and O–H groups in total. The number of alkyl halides is 3. The molecular formula is C13H19F3N2O2. The molecule has 0 aliphatic heterocycles. The normalized spacial score (nSPS) is 12.3. The average molecular weight is 292 g/mol. The Kier molecular flexibility index (Phi) is 5.21. The third-order valence-corrected chi connectivity index (χ3v) is 2.89. The topological polar surface area (TPSA) is 43.4 Å². The molecule has 0 atom stereocenters. The second-order valence-electron chi connectivity index (χ2n) is 4.89. The molecule has 0 fully saturated rings. The Labute approximate surface area is 116 Å². The zero-order chi connectivity index (χ0) is 15.4. The van der Waals surface area contributed by atoms with Crippen molar-refractivity contribution in [1.29, 1.82) is 0 Å². The Hall–Kier alpha value is -1.50. The van der Waals surface area contributed by atoms with Crippen molar-refractivity contribution >= 4 is 5.82 Å². The third kappa shape index (κ3) is 4.88. The van der Waals surface area contributed by atoms with Crippen LogP contribution in [0.1, 0.15) is 25.8 Å². The highest BCUT2D eigenvalue weighted by Gasteiger charge is 2.32. The summed E-state index contributed by atoms with van der Waals surface area (Å²) in [7, 11) is 3.07. The fraction of sp³-hybridized carbons (Fsp3) is 0.615. The average Bonchev–Trinajstić information content (AvgIpc) is 2.37. The maximum atomic E-state index is 12.7. The van der Waals surface area contributed by atoms with Gasteiger partial charge < -0.3 is 14.8 Å². The number of hydrogen-bond donors (Lipinski definition) is 1. The zero-order valence-electron chi connectivity index (χ0n) is 12.0. The van der Waals surface area contributed by atoms with Crippen molar-refractivity contribution in [2.45, 2.75) is 32.0 Å². The van der Waals surface area contributed by atoms with Gasteiger partial charge in [0.2, 0.25) is 5.88 Å². The van der Waals surface area contributed by atoms with E-state index in [1.807, 2.05) is 13.8 Å². The highest BCUT2D eigenvalue weighted by Crippen LogP contribution is 2.32. The summed E-state index contributed by atoms with van der Waals surface area (Å²) in [6.07, 6.45) is -3.89. The van der Waals surface area contributed by atoms with Gasteiger partial charge >= 0.3 is 6.18 Å². The molecule has 0 aliphatic rings. The SMILES string of the molecule is CNc1cc(C(F)(F)F)cc(OCCC(C)(C)OC)n1. The first-order valence-corrected chi connectivity index (χ1v) is 6.13. The lowest BCUT2D eigenvalue weighted by Crippen LogP contribution is -2.25. The highest BCUT2D eigenvalue weighted by atomic mass is 19.4. The number of aromatic nitrogens is 1. The lowest BCUT2D eigenvalue weighted by molar-refractivity contribution is -0.137. The molecule has 0 amide bonds. The van der Waals surface area contributed by atoms with Gasteiger partial charge in [-0.3, -0.25) is 0 Å². The number of ether oxygens (including phenoxy) is 2. The van der Waals surface area contributed by atoms with E-state index in [0.29, 0.717) is 6.42 Å². The number of rotatable bonds is 6. The molecule has 1 aromatic heterocycles. The quantitative estimate of drug-likeness (QED) is 0.873. The van der Waals surface area contributed by atoms with E-state index in [4.69, 9.17) is 9.47 Å². The summed E-state index contributed by atoms with van der Waals surface area (Å²) in [5.74, 6) is 0.0527. The van der Waals surface area contributed by atoms with Gasteiger partial charge in [-0.1, -0.05) is 0 Å². The van der Waals surface area contributed by atoms with Crippen LogP contribution in [0.3, 0.4) is 0 Å². The molecule has 7 heteroatoms. The third-order valence-electron chi connectivity index (χ3n) is 2.89. The van der Waals surface area contributed by atoms with Crippen molar-refractivity contribution in [2.75, 3.05) is 26.1 Å². The minimum atomic E-state index is -4.43. The summed E-state index contributed by atoms with van der Waals surface area (Å²) >= 11 is 0. The molecule has 0 aromatic carbocycles. The molecule has 1 aromatic rings. The van der Waals surface area contributed by atoms with Crippen molar-refractivity contribution < 1.29 is 22.6 Å². The van der Waals surface area contributed by atoms with E-state index in [9.17, 15) is 13.2 Å². The van der Waals surface area contributed by atoms with Gasteiger partial charge in [0.25, 0.3) is 0 Å². The second kappa shape index (κ2) is 6.30. The van der Waals surface area contributed by atoms with Crippen molar-refractivity contribution in [2.24, 2.45) is 0 Å². The Bertz CT molecular complexity index is 448. The van der Waals surface area contributed by atoms with E-state index in [0.717, 1.165) is 12.1 Å². The summed E-state index contributed by atoms with van der Waals surface area (Å²) in [5, 5.41) is 2.58. The maximum Gasteiger partial charge on any atom is 0.416 e. The molecule has 0 radical (unpaired) electrons. The van der Waals surface area contributed by atoms with Crippen molar-refractivity contribution in [1.82, 2.24) is 4.98 Å². The molecular weight excluding hydrogens is 273 g/mol. The molecule has 114 valence electrons. The van der Waals surface area contributed by atoms with E-state index in [1.165, 1.54) is 7.05 Å². The van der Waals surface area contributed by atoms with Crippen LogP contribution < -0.4 is 10.1 Å². The fourth-order valence-electron chi connectivity index (χ4n) is 1.37. The zero-order valence-corrected chi connectivity index (χ0v) is 12.0. The molecule has 0 saturated heterocycles. The first-order valence-electron chi connectivity index (χ1n) is 6.13. The summed E-state index contributed by atoms with van der Waals surface area (Å²) in [5.41, 5.74) is -1.19. The molecule has 4 nitrogen and oxygen atoms in total. The minimum absolute atomic E-state index is 0.0592. The van der Waals surface area contributed by atoms with Gasteiger partial charge in [-0.2, -0.15) is 18.2 Å². The molecule has 1 rings (SSSR count). The summed E-state index contributed by atoms with van der Waals surface area (Å²) in [6.45, 7) is 3.96. The van der Waals surface area contributed by atoms with Crippen LogP contribution >= 0.6 is 0 Å². The lowest BCUT2D eigenvalue weighted by atomic mass is 10.1. The van der Waals surface area contributed by atoms with Crippen LogP contribution in [0.2, 0.25) is 0 Å². The number of nitrogens with zero attached hydrogens (tertiary/aromatic N) is 1. The molecule has 0 unspecified atom stereocenters. The summed E-state index contributed by atoms with van der Waals surface area (Å²) in [4.78, 5) is 3.94. The molecule has 0 spiro atoms. The number of hydrogen-bond acceptors (Lipinski definition) is 4. The summed E-state index contributed by atoms with van der Waals surface area (Å²) < 4.78 is 48.7. The summed E-state index contributed by atoms with van der Waals surface area (Å²) in [6, 6.07) is 1.83. The van der Waals surface area contributed by atoms with Crippen molar-refractivity contribution in [3.8, 4) is 5.88 Å². The number of pyridine rings is 1. The minimum Gasteiger partial charge on any atom is -0.477 e. The molecule has 0 saturated carbocycles. The number of anilines is 1. The number of halogens is 3. The van der Waals surface area contributed by atoms with Crippen LogP contribution in [0.4, 0.5) is 19.0 Å². The van der Waals surface area contributed by atoms with Gasteiger partial charge in [0.15, 0.2) is 0 Å². The van der Waals surface area contributed by atoms with E-state index >= 15 is 0 Å². The predicted octanol–water partition coefficient (Wildman–Crippen LogP) is 3.34. The van der Waals surface area contributed by atoms with Crippen LogP contribution in [0.15, 0.2) is 12.1 Å². The Morgan fingerprint density at radius 1 is 1.25 bits per heavy atom. The Balaban J connectivity index is 2.80. The smallest absolute Gasteiger partial charge is 0.416 e. The second-order valence-corrected chi connectivity index (χ2v) is 4.89. The molecule has 0 aliphatic carbocycles. The van der Waals surface area contributed by atoms with E-state index in [2.05, 4.69) is 10.3 Å². The Morgan fingerprint density at radius 2 is 1.90 bits per heavy atom. The molecule has 1 heterocycles. The van der Waals surface area contributed by atoms with Crippen LogP contribution in [-0.2, 0) is 10.9 Å². The van der Waals surface area contributed by atoms with Gasteiger partial charge in [-0.15, -0.1) is 0 Å². The van der Waals surface area contributed by atoms with E-state index in [1.54, 1.807) is 7.11 Å². The van der Waals surface area contributed by atoms with E-state index < -0.39 is 17.3 Å². The van der Waals surface area contributed by atoms with E-state index in [-0.39, 0.29) is 18.3 Å². The van der Waals surface area contributed by atoms with Crippen molar-refractivity contribution in [3.05, 3.63) is 17.7 Å². The van der Waals surface area contributed by atoms with Gasteiger partial charge in [-0.05, 0) is 19.9 Å². The van der Waals surface area contributed by atoms with Crippen LogP contribution in [0, 0.1) is 0 Å². The number of nitrogens with one attached hydrogen (secondary N) is 1. The highest BCUT2D eigenvalue weighted by molar-refractivity contribution is 5.42. The van der Waals surface area contributed by atoms with Gasteiger partial charge in [0.1, 0.15) is 5.82 Å².